The van der Waals surface area contributed by atoms with Gasteiger partial charge in [0.05, 0.1) is 11.6 Å². The second-order valence-corrected chi connectivity index (χ2v) is 9.21. The van der Waals surface area contributed by atoms with Gasteiger partial charge in [-0.3, -0.25) is 19.2 Å². The van der Waals surface area contributed by atoms with Crippen LogP contribution in [-0.4, -0.2) is 73.2 Å². The summed E-state index contributed by atoms with van der Waals surface area (Å²) in [5.41, 5.74) is -0.279. The van der Waals surface area contributed by atoms with E-state index in [2.05, 4.69) is 33.9 Å². The Bertz CT molecular complexity index is 597. The Morgan fingerprint density at radius 2 is 1.58 bits per heavy atom. The normalized spacial score (nSPS) is 11.9. The molecule has 9 nitrogen and oxygen atoms in total. The van der Waals surface area contributed by atoms with E-state index in [4.69, 9.17) is 7.85 Å². The molecular weight excluding hydrogens is 463 g/mol. The van der Waals surface area contributed by atoms with Crippen LogP contribution in [0.15, 0.2) is 0 Å². The van der Waals surface area contributed by atoms with E-state index in [0.29, 0.717) is 25.1 Å². The second kappa shape index (κ2) is 22.1. The van der Waals surface area contributed by atoms with Crippen LogP contribution < -0.4 is 21.3 Å². The smallest absolute Gasteiger partial charge is 0.242 e. The van der Waals surface area contributed by atoms with Gasteiger partial charge in [-0.25, -0.2) is 0 Å². The van der Waals surface area contributed by atoms with E-state index in [0.717, 1.165) is 37.2 Å². The Morgan fingerprint density at radius 1 is 0.909 bits per heavy atom. The first-order valence-electron chi connectivity index (χ1n) is 11.1. The van der Waals surface area contributed by atoms with Crippen LogP contribution in [0, 0.1) is 0 Å². The Kier molecular flexibility index (Phi) is 22.5. The van der Waals surface area contributed by atoms with Gasteiger partial charge in [0, 0.05) is 12.5 Å². The first kappa shape index (κ1) is 33.5. The first-order chi connectivity index (χ1) is 15.5. The Balaban J connectivity index is 0. The van der Waals surface area contributed by atoms with Crippen LogP contribution >= 0.6 is 24.4 Å². The van der Waals surface area contributed by atoms with E-state index in [1.54, 1.807) is 18.7 Å². The molecule has 0 saturated heterocycles. The summed E-state index contributed by atoms with van der Waals surface area (Å²) in [6.45, 7) is 7.02. The summed E-state index contributed by atoms with van der Waals surface area (Å²) in [4.78, 5) is 55.1. The largest absolute Gasteiger partial charge is 0.354 e. The van der Waals surface area contributed by atoms with Gasteiger partial charge in [-0.1, -0.05) is 6.42 Å². The number of unbranched alkanes of at least 4 members (excludes halogenated alkanes) is 2. The Morgan fingerprint density at radius 3 is 2.12 bits per heavy atom. The zero-order valence-electron chi connectivity index (χ0n) is 20.1. The molecule has 0 spiro atoms. The van der Waals surface area contributed by atoms with Crippen LogP contribution in [-0.2, 0) is 24.0 Å². The average molecular weight is 503 g/mol. The van der Waals surface area contributed by atoms with Crippen LogP contribution in [0.4, 0.5) is 0 Å². The minimum Gasteiger partial charge on any atom is -0.354 e. The van der Waals surface area contributed by atoms with Crippen molar-refractivity contribution in [3.8, 4) is 0 Å². The minimum absolute atomic E-state index is 0.129. The van der Waals surface area contributed by atoms with Crippen LogP contribution in [0.3, 0.4) is 0 Å². The fraction of sp³-hybridized carbons (Fsp3) is 0.762. The first-order valence-corrected chi connectivity index (χ1v) is 12.9. The summed E-state index contributed by atoms with van der Waals surface area (Å²) in [5, 5.41) is 10.4. The predicted octanol–water partition coefficient (Wildman–Crippen LogP) is 0.909. The number of thioether (sulfide) groups is 1. The zero-order valence-corrected chi connectivity index (χ0v) is 21.9. The molecule has 12 heteroatoms. The van der Waals surface area contributed by atoms with E-state index >= 15 is 0 Å². The number of nitrogens with one attached hydrogen (secondary N) is 4. The molecule has 0 saturated carbocycles. The van der Waals surface area contributed by atoms with Gasteiger partial charge >= 0.3 is 0 Å². The second-order valence-electron chi connectivity index (χ2n) is 7.66. The maximum atomic E-state index is 11.8. The van der Waals surface area contributed by atoms with Crippen molar-refractivity contribution in [1.29, 1.82) is 0 Å². The quantitative estimate of drug-likeness (QED) is 0.0660. The maximum absolute atomic E-state index is 11.8. The predicted molar refractivity (Wildman–Crippen MR) is 137 cm³/mol. The lowest BCUT2D eigenvalue weighted by atomic mass is 9.97. The molecule has 0 heterocycles. The summed E-state index contributed by atoms with van der Waals surface area (Å²) in [7, 11) is 5.04. The molecule has 188 valence electrons. The van der Waals surface area contributed by atoms with Crippen molar-refractivity contribution in [1.82, 2.24) is 21.3 Å². The van der Waals surface area contributed by atoms with Gasteiger partial charge in [0.1, 0.15) is 12.1 Å². The SMILES string of the molecule is CC(C)NC(=O)CCCS.[B]C(=O)CCCCCSCNC(=O)C(C)NC(=O)C(C)NC=O. The van der Waals surface area contributed by atoms with Crippen LogP contribution in [0.1, 0.15) is 66.2 Å². The lowest BCUT2D eigenvalue weighted by Gasteiger charge is -2.16. The molecule has 0 aromatic rings. The van der Waals surface area contributed by atoms with Gasteiger partial charge < -0.3 is 26.1 Å². The molecule has 4 N–H and O–H groups in total. The van der Waals surface area contributed by atoms with E-state index < -0.39 is 18.0 Å². The molecule has 0 rings (SSSR count). The van der Waals surface area contributed by atoms with Gasteiger partial charge in [-0.15, -0.1) is 11.8 Å². The topological polar surface area (TPSA) is 133 Å². The lowest BCUT2D eigenvalue weighted by molar-refractivity contribution is -0.129. The van der Waals surface area contributed by atoms with Crippen molar-refractivity contribution >= 4 is 62.1 Å². The van der Waals surface area contributed by atoms with E-state index in [-0.39, 0.29) is 23.5 Å². The van der Waals surface area contributed by atoms with Gasteiger partial charge in [-0.05, 0) is 64.9 Å². The third-order valence-electron chi connectivity index (χ3n) is 4.04. The van der Waals surface area contributed by atoms with Gasteiger partial charge in [-0.2, -0.15) is 12.6 Å². The van der Waals surface area contributed by atoms with Crippen LogP contribution in [0.2, 0.25) is 0 Å². The number of rotatable bonds is 17. The molecule has 0 aliphatic rings. The fourth-order valence-corrected chi connectivity index (χ4v) is 3.20. The number of carbonyl (C=O) groups is 5. The highest BCUT2D eigenvalue weighted by Gasteiger charge is 2.18. The molecule has 0 fully saturated rings. The zero-order chi connectivity index (χ0) is 25.6. The number of hydrogen-bond acceptors (Lipinski definition) is 7. The van der Waals surface area contributed by atoms with E-state index in [1.807, 2.05) is 13.8 Å². The van der Waals surface area contributed by atoms with E-state index in [1.165, 1.54) is 6.92 Å². The average Bonchev–Trinajstić information content (AvgIpc) is 2.73. The standard InChI is InChI=1S/C14H24BN3O4S.C7H15NOS/c1-10(16-8-19)14(22)18-11(2)13(21)17-9-23-7-5-3-4-6-12(15)20;1-6(2)8-7(9)4-3-5-10/h8,10-11H,3-7,9H2,1-2H3,(H,16,19)(H,17,21)(H,18,22);6,10H,3-5H2,1-2H3,(H,8,9). The van der Waals surface area contributed by atoms with Gasteiger partial charge in [0.25, 0.3) is 0 Å². The fourth-order valence-electron chi connectivity index (χ4n) is 2.24. The molecule has 0 aromatic heterocycles. The maximum Gasteiger partial charge on any atom is 0.242 e. The van der Waals surface area contributed by atoms with Gasteiger partial charge in [0.2, 0.25) is 24.1 Å². The summed E-state index contributed by atoms with van der Waals surface area (Å²) in [5.74, 6) is 1.55. The molecule has 2 unspecified atom stereocenters. The highest BCUT2D eigenvalue weighted by Crippen LogP contribution is 2.06. The Labute approximate surface area is 208 Å². The van der Waals surface area contributed by atoms with Crippen molar-refractivity contribution in [3.63, 3.8) is 0 Å². The van der Waals surface area contributed by atoms with Crippen molar-refractivity contribution in [2.45, 2.75) is 84.3 Å². The summed E-state index contributed by atoms with van der Waals surface area (Å²) in [6.07, 6.45) is 4.99. The monoisotopic (exact) mass is 502 g/mol. The summed E-state index contributed by atoms with van der Waals surface area (Å²) in [6, 6.07) is -1.10. The molecule has 4 amide bonds. The molecular formula is C21H39BN4O5S2. The summed E-state index contributed by atoms with van der Waals surface area (Å²) < 4.78 is 0. The third kappa shape index (κ3) is 23.3. The minimum atomic E-state index is -0.683. The summed E-state index contributed by atoms with van der Waals surface area (Å²) >= 11 is 5.58. The highest BCUT2D eigenvalue weighted by atomic mass is 32.2. The number of thiol groups is 1. The van der Waals surface area contributed by atoms with Crippen molar-refractivity contribution in [3.05, 3.63) is 0 Å². The molecule has 33 heavy (non-hydrogen) atoms. The lowest BCUT2D eigenvalue weighted by Crippen LogP contribution is -2.50. The van der Waals surface area contributed by atoms with E-state index in [9.17, 15) is 24.0 Å². The van der Waals surface area contributed by atoms with Crippen LogP contribution in [0.5, 0.6) is 0 Å². The van der Waals surface area contributed by atoms with Crippen molar-refractivity contribution < 1.29 is 24.0 Å². The number of amides is 4. The highest BCUT2D eigenvalue weighted by molar-refractivity contribution is 7.99. The third-order valence-corrected chi connectivity index (χ3v) is 5.28. The van der Waals surface area contributed by atoms with Crippen LogP contribution in [0.25, 0.3) is 0 Å². The molecule has 0 bridgehead atoms. The van der Waals surface area contributed by atoms with Gasteiger partial charge in [0.15, 0.2) is 7.85 Å². The molecule has 0 aliphatic carbocycles. The number of carbonyl (C=O) groups excluding carboxylic acids is 5. The van der Waals surface area contributed by atoms with Crippen molar-refractivity contribution in [2.75, 3.05) is 17.4 Å². The Hall–Kier alpha value is -1.69. The molecule has 2 atom stereocenters. The molecule has 0 aromatic carbocycles. The molecule has 2 radical (unpaired) electrons. The number of hydrogen-bond donors (Lipinski definition) is 5. The van der Waals surface area contributed by atoms with Crippen molar-refractivity contribution in [2.24, 2.45) is 0 Å². The molecule has 0 aliphatic heterocycles.